The highest BCUT2D eigenvalue weighted by Gasteiger charge is 2.43. The number of carbonyl (C=O) groups is 1. The number of halogens is 1. The number of likely N-dealkylation sites (tertiary alicyclic amines) is 1. The van der Waals surface area contributed by atoms with E-state index in [1.165, 1.54) is 0 Å². The highest BCUT2D eigenvalue weighted by Crippen LogP contribution is 2.33. The molecule has 2 amide bonds. The number of methoxy groups -OCH3 is 1. The van der Waals surface area contributed by atoms with Gasteiger partial charge in [0.2, 0.25) is 5.67 Å². The number of para-hydroxylation sites is 1. The van der Waals surface area contributed by atoms with Gasteiger partial charge in [-0.3, -0.25) is 10.2 Å². The molecule has 36 heavy (non-hydrogen) atoms. The minimum atomic E-state index is -1.64. The summed E-state index contributed by atoms with van der Waals surface area (Å²) in [7, 11) is 1.69. The first-order valence-corrected chi connectivity index (χ1v) is 12.0. The Bertz CT molecular complexity index is 1200. The first kappa shape index (κ1) is 24.3. The average molecular weight is 496 g/mol. The van der Waals surface area contributed by atoms with Crippen molar-refractivity contribution in [2.75, 3.05) is 51.9 Å². The Hall–Kier alpha value is -3.41. The van der Waals surface area contributed by atoms with Crippen LogP contribution in [0.1, 0.15) is 17.8 Å². The number of hydrogen-bond donors (Lipinski definition) is 2. The third-order valence-electron chi connectivity index (χ3n) is 6.56. The summed E-state index contributed by atoms with van der Waals surface area (Å²) in [5.74, 6) is 0.646. The molecule has 0 saturated carbocycles. The van der Waals surface area contributed by atoms with Gasteiger partial charge >= 0.3 is 6.03 Å². The van der Waals surface area contributed by atoms with Crippen molar-refractivity contribution in [3.8, 4) is 16.9 Å². The monoisotopic (exact) mass is 495 g/mol. The Balaban J connectivity index is 1.37. The van der Waals surface area contributed by atoms with Crippen molar-refractivity contribution in [3.63, 3.8) is 0 Å². The second kappa shape index (κ2) is 10.3. The minimum Gasteiger partial charge on any atom is -0.383 e. The summed E-state index contributed by atoms with van der Waals surface area (Å²) >= 11 is 0. The lowest BCUT2D eigenvalue weighted by molar-refractivity contribution is -0.140. The highest BCUT2D eigenvalue weighted by atomic mass is 19.1. The van der Waals surface area contributed by atoms with Gasteiger partial charge in [0.25, 0.3) is 0 Å². The fourth-order valence-electron chi connectivity index (χ4n) is 4.47. The van der Waals surface area contributed by atoms with Crippen LogP contribution in [0.25, 0.3) is 16.9 Å². The van der Waals surface area contributed by atoms with Crippen molar-refractivity contribution in [1.82, 2.24) is 30.0 Å². The molecule has 11 heteroatoms. The van der Waals surface area contributed by atoms with Crippen molar-refractivity contribution in [2.24, 2.45) is 0 Å². The number of aromatic nitrogens is 4. The standard InChI is InChI=1S/C25H30FN7O3/c1-17-21(18-12-27-23(28-13-18)25(26)15-36-16-25)31-33(20-6-4-3-5-7-20)22(17)30-24(34)29-19-8-9-32(14-19)10-11-35-2/h3-7,12-13,19H,8-11,14-16H2,1-2H3,(H2,29,30,34). The first-order valence-electron chi connectivity index (χ1n) is 12.0. The van der Waals surface area contributed by atoms with Crippen molar-refractivity contribution in [3.05, 3.63) is 54.1 Å². The Kier molecular flexibility index (Phi) is 6.95. The second-order valence-corrected chi connectivity index (χ2v) is 9.20. The van der Waals surface area contributed by atoms with E-state index in [-0.39, 0.29) is 31.1 Å². The zero-order valence-electron chi connectivity index (χ0n) is 20.4. The molecule has 4 heterocycles. The predicted octanol–water partition coefficient (Wildman–Crippen LogP) is 2.67. The van der Waals surface area contributed by atoms with Gasteiger partial charge in [0, 0.05) is 56.3 Å². The number of anilines is 1. The van der Waals surface area contributed by atoms with Crippen LogP contribution in [0.4, 0.5) is 15.0 Å². The topological polar surface area (TPSA) is 106 Å². The molecule has 0 bridgehead atoms. The zero-order chi connectivity index (χ0) is 25.1. The van der Waals surface area contributed by atoms with Gasteiger partial charge in [-0.15, -0.1) is 0 Å². The maximum atomic E-state index is 14.6. The summed E-state index contributed by atoms with van der Waals surface area (Å²) in [5.41, 5.74) is 1.13. The minimum absolute atomic E-state index is 0.0394. The lowest BCUT2D eigenvalue weighted by Crippen LogP contribution is -2.43. The SMILES string of the molecule is COCCN1CCC(NC(=O)Nc2c(C)c(-c3cnc(C4(F)COC4)nc3)nn2-c2ccccc2)C1. The van der Waals surface area contributed by atoms with Crippen LogP contribution in [0.3, 0.4) is 0 Å². The molecule has 2 fully saturated rings. The van der Waals surface area contributed by atoms with Crippen LogP contribution in [0.2, 0.25) is 0 Å². The molecule has 190 valence electrons. The number of carbonyl (C=O) groups excluding carboxylic acids is 1. The Labute approximate surface area is 208 Å². The van der Waals surface area contributed by atoms with E-state index in [1.807, 2.05) is 37.3 Å². The number of ether oxygens (including phenoxy) is 2. The van der Waals surface area contributed by atoms with Gasteiger partial charge < -0.3 is 14.8 Å². The lowest BCUT2D eigenvalue weighted by atomic mass is 10.0. The highest BCUT2D eigenvalue weighted by molar-refractivity contribution is 5.91. The summed E-state index contributed by atoms with van der Waals surface area (Å²) in [4.78, 5) is 23.7. The molecule has 0 aliphatic carbocycles. The van der Waals surface area contributed by atoms with Crippen LogP contribution in [0.5, 0.6) is 0 Å². The van der Waals surface area contributed by atoms with E-state index in [2.05, 4.69) is 25.5 Å². The number of nitrogens with one attached hydrogen (secondary N) is 2. The molecule has 5 rings (SSSR count). The van der Waals surface area contributed by atoms with Crippen molar-refractivity contribution in [1.29, 1.82) is 0 Å². The number of nitrogens with zero attached hydrogens (tertiary/aromatic N) is 5. The molecule has 1 atom stereocenters. The summed E-state index contributed by atoms with van der Waals surface area (Å²) in [5, 5.41) is 10.8. The number of rotatable bonds is 8. The summed E-state index contributed by atoms with van der Waals surface area (Å²) < 4.78 is 26.4. The Morgan fingerprint density at radius 2 is 2.00 bits per heavy atom. The van der Waals surface area contributed by atoms with E-state index < -0.39 is 5.67 Å². The summed E-state index contributed by atoms with van der Waals surface area (Å²) in [6.45, 7) is 5.01. The Morgan fingerprint density at radius 1 is 1.25 bits per heavy atom. The van der Waals surface area contributed by atoms with E-state index in [4.69, 9.17) is 14.6 Å². The molecule has 1 aromatic carbocycles. The summed E-state index contributed by atoms with van der Waals surface area (Å²) in [6.07, 6.45) is 4.00. The van der Waals surface area contributed by atoms with Gasteiger partial charge in [-0.25, -0.2) is 23.8 Å². The molecule has 0 radical (unpaired) electrons. The smallest absolute Gasteiger partial charge is 0.320 e. The van der Waals surface area contributed by atoms with Gasteiger partial charge in [0.15, 0.2) is 5.82 Å². The van der Waals surface area contributed by atoms with Crippen LogP contribution >= 0.6 is 0 Å². The molecule has 10 nitrogen and oxygen atoms in total. The van der Waals surface area contributed by atoms with Gasteiger partial charge in [-0.05, 0) is 25.5 Å². The maximum absolute atomic E-state index is 14.6. The van der Waals surface area contributed by atoms with Gasteiger partial charge in [-0.1, -0.05) is 18.2 Å². The van der Waals surface area contributed by atoms with Crippen LogP contribution < -0.4 is 10.6 Å². The molecule has 2 N–H and O–H groups in total. The molecule has 0 spiro atoms. The van der Waals surface area contributed by atoms with Crippen LogP contribution in [0, 0.1) is 6.92 Å². The van der Waals surface area contributed by atoms with Gasteiger partial charge in [0.05, 0.1) is 25.5 Å². The quantitative estimate of drug-likeness (QED) is 0.495. The van der Waals surface area contributed by atoms with Gasteiger partial charge in [0.1, 0.15) is 11.5 Å². The Morgan fingerprint density at radius 3 is 2.67 bits per heavy atom. The van der Waals surface area contributed by atoms with E-state index in [1.54, 1.807) is 24.2 Å². The molecular formula is C25H30FN7O3. The maximum Gasteiger partial charge on any atom is 0.320 e. The number of hydrogen-bond acceptors (Lipinski definition) is 7. The fraction of sp³-hybridized carbons (Fsp3) is 0.440. The first-order chi connectivity index (χ1) is 17.5. The van der Waals surface area contributed by atoms with Crippen molar-refractivity contribution >= 4 is 11.8 Å². The second-order valence-electron chi connectivity index (χ2n) is 9.20. The number of alkyl halides is 1. The van der Waals surface area contributed by atoms with E-state index in [9.17, 15) is 9.18 Å². The molecule has 2 saturated heterocycles. The normalized spacial score (nSPS) is 19.1. The molecular weight excluding hydrogens is 465 g/mol. The van der Waals surface area contributed by atoms with Crippen molar-refractivity contribution < 1.29 is 18.7 Å². The number of urea groups is 1. The van der Waals surface area contributed by atoms with Gasteiger partial charge in [-0.2, -0.15) is 5.10 Å². The molecule has 2 aliphatic heterocycles. The largest absolute Gasteiger partial charge is 0.383 e. The van der Waals surface area contributed by atoms with Crippen LogP contribution in [-0.4, -0.2) is 83.3 Å². The molecule has 1 unspecified atom stereocenters. The van der Waals surface area contributed by atoms with Crippen LogP contribution in [-0.2, 0) is 15.1 Å². The van der Waals surface area contributed by atoms with E-state index in [0.29, 0.717) is 23.7 Å². The molecule has 3 aromatic rings. The van der Waals surface area contributed by atoms with E-state index in [0.717, 1.165) is 37.3 Å². The number of amides is 2. The molecule has 2 aromatic heterocycles. The summed E-state index contributed by atoms with van der Waals surface area (Å²) in [6, 6.07) is 9.31. The molecule has 2 aliphatic rings. The predicted molar refractivity (Wildman–Crippen MR) is 132 cm³/mol. The van der Waals surface area contributed by atoms with Crippen molar-refractivity contribution in [2.45, 2.75) is 25.1 Å². The number of benzene rings is 1. The zero-order valence-corrected chi connectivity index (χ0v) is 20.4. The third kappa shape index (κ3) is 4.95. The van der Waals surface area contributed by atoms with Crippen LogP contribution in [0.15, 0.2) is 42.7 Å². The van der Waals surface area contributed by atoms with E-state index >= 15 is 0 Å². The fourth-order valence-corrected chi connectivity index (χ4v) is 4.47. The lowest BCUT2D eigenvalue weighted by Gasteiger charge is -2.31. The third-order valence-corrected chi connectivity index (χ3v) is 6.56. The average Bonchev–Trinajstić information content (AvgIpc) is 3.46.